The first kappa shape index (κ1) is 10.7. The third-order valence-electron chi connectivity index (χ3n) is 2.67. The molecule has 0 unspecified atom stereocenters. The molecule has 0 aromatic carbocycles. The first-order valence-electron chi connectivity index (χ1n) is 5.36. The van der Waals surface area contributed by atoms with E-state index in [1.165, 1.54) is 0 Å². The van der Waals surface area contributed by atoms with Gasteiger partial charge in [0.25, 0.3) is 0 Å². The van der Waals surface area contributed by atoms with E-state index in [9.17, 15) is 0 Å². The Hall–Kier alpha value is -1.85. The van der Waals surface area contributed by atoms with Gasteiger partial charge in [-0.1, -0.05) is 12.1 Å². The second kappa shape index (κ2) is 4.34. The maximum atomic E-state index is 5.72. The zero-order chi connectivity index (χ0) is 11.5. The second-order valence-electron chi connectivity index (χ2n) is 3.70. The Morgan fingerprint density at radius 1 is 1.44 bits per heavy atom. The first-order valence-corrected chi connectivity index (χ1v) is 5.36. The van der Waals surface area contributed by atoms with Gasteiger partial charge in [0, 0.05) is 25.9 Å². The first-order chi connectivity index (χ1) is 7.72. The van der Waals surface area contributed by atoms with E-state index in [1.54, 1.807) is 6.20 Å². The van der Waals surface area contributed by atoms with Crippen LogP contribution in [-0.2, 0) is 26.4 Å². The molecule has 0 saturated heterocycles. The molecule has 6 nitrogen and oxygen atoms in total. The molecule has 16 heavy (non-hydrogen) atoms. The average Bonchev–Trinajstić information content (AvgIpc) is 2.82. The van der Waals surface area contributed by atoms with Gasteiger partial charge in [-0.2, -0.15) is 0 Å². The highest BCUT2D eigenvalue weighted by Gasteiger charge is 2.08. The zero-order valence-corrected chi connectivity index (χ0v) is 9.59. The number of rotatable bonds is 4. The summed E-state index contributed by atoms with van der Waals surface area (Å²) >= 11 is 0. The van der Waals surface area contributed by atoms with Crippen LogP contribution in [0.1, 0.15) is 18.4 Å². The van der Waals surface area contributed by atoms with Crippen molar-refractivity contribution in [3.63, 3.8) is 0 Å². The van der Waals surface area contributed by atoms with E-state index in [0.717, 1.165) is 30.9 Å². The maximum Gasteiger partial charge on any atom is 0.169 e. The Labute approximate surface area is 94.1 Å². The van der Waals surface area contributed by atoms with Crippen molar-refractivity contribution in [2.45, 2.75) is 26.3 Å². The van der Waals surface area contributed by atoms with Crippen LogP contribution >= 0.6 is 0 Å². The van der Waals surface area contributed by atoms with Crippen LogP contribution in [-0.4, -0.2) is 24.5 Å². The number of nitrogens with zero attached hydrogens (tertiary/aromatic N) is 5. The molecule has 0 fully saturated rings. The third kappa shape index (κ3) is 1.91. The fourth-order valence-corrected chi connectivity index (χ4v) is 1.73. The highest BCUT2D eigenvalue weighted by atomic mass is 15.4. The second-order valence-corrected chi connectivity index (χ2v) is 3.70. The number of anilines is 1. The highest BCUT2D eigenvalue weighted by molar-refractivity contribution is 5.32. The minimum absolute atomic E-state index is 0.530. The average molecular weight is 220 g/mol. The standard InChI is InChI=1S/C10H16N6/c1-3-8-10(11)13-14-16(8)6-4-9-12-5-7-15(9)2/h5,7H,3-4,6,11H2,1-2H3. The fourth-order valence-electron chi connectivity index (χ4n) is 1.73. The van der Waals surface area contributed by atoms with Gasteiger partial charge in [0.05, 0.1) is 12.2 Å². The molecule has 0 bridgehead atoms. The van der Waals surface area contributed by atoms with E-state index in [1.807, 2.05) is 29.4 Å². The van der Waals surface area contributed by atoms with Gasteiger partial charge in [0.15, 0.2) is 5.82 Å². The molecular weight excluding hydrogens is 204 g/mol. The lowest BCUT2D eigenvalue weighted by molar-refractivity contribution is 0.550. The summed E-state index contributed by atoms with van der Waals surface area (Å²) in [4.78, 5) is 4.26. The lowest BCUT2D eigenvalue weighted by Crippen LogP contribution is -2.10. The molecule has 0 aliphatic heterocycles. The largest absolute Gasteiger partial charge is 0.381 e. The molecule has 6 heteroatoms. The molecule has 2 rings (SSSR count). The molecule has 2 heterocycles. The lowest BCUT2D eigenvalue weighted by Gasteiger charge is -2.05. The van der Waals surface area contributed by atoms with Crippen molar-refractivity contribution in [2.75, 3.05) is 5.73 Å². The van der Waals surface area contributed by atoms with E-state index in [0.29, 0.717) is 5.82 Å². The van der Waals surface area contributed by atoms with Crippen LogP contribution in [0.2, 0.25) is 0 Å². The monoisotopic (exact) mass is 220 g/mol. The number of hydrogen-bond donors (Lipinski definition) is 1. The van der Waals surface area contributed by atoms with E-state index in [4.69, 9.17) is 5.73 Å². The molecule has 2 N–H and O–H groups in total. The number of hydrogen-bond acceptors (Lipinski definition) is 4. The molecule has 86 valence electrons. The van der Waals surface area contributed by atoms with Crippen molar-refractivity contribution in [1.82, 2.24) is 24.5 Å². The summed E-state index contributed by atoms with van der Waals surface area (Å²) in [6.45, 7) is 2.81. The van der Waals surface area contributed by atoms with Crippen LogP contribution in [0.5, 0.6) is 0 Å². The molecular formula is C10H16N6. The van der Waals surface area contributed by atoms with E-state index in [-0.39, 0.29) is 0 Å². The third-order valence-corrected chi connectivity index (χ3v) is 2.67. The molecule has 0 aliphatic carbocycles. The Kier molecular flexibility index (Phi) is 2.89. The lowest BCUT2D eigenvalue weighted by atomic mass is 10.3. The molecule has 0 atom stereocenters. The normalized spacial score (nSPS) is 10.9. The van der Waals surface area contributed by atoms with Crippen LogP contribution in [0, 0.1) is 0 Å². The molecule has 0 saturated carbocycles. The van der Waals surface area contributed by atoms with Crippen molar-refractivity contribution < 1.29 is 0 Å². The van der Waals surface area contributed by atoms with Crippen molar-refractivity contribution in [1.29, 1.82) is 0 Å². The maximum absolute atomic E-state index is 5.72. The Morgan fingerprint density at radius 3 is 2.88 bits per heavy atom. The summed E-state index contributed by atoms with van der Waals surface area (Å²) in [5, 5.41) is 7.89. The van der Waals surface area contributed by atoms with Crippen LogP contribution in [0.4, 0.5) is 5.82 Å². The number of aromatic nitrogens is 5. The molecule has 2 aromatic heterocycles. The van der Waals surface area contributed by atoms with Gasteiger partial charge in [0.2, 0.25) is 0 Å². The van der Waals surface area contributed by atoms with Gasteiger partial charge in [-0.25, -0.2) is 9.67 Å². The zero-order valence-electron chi connectivity index (χ0n) is 9.59. The Bertz CT molecular complexity index is 469. The van der Waals surface area contributed by atoms with Crippen molar-refractivity contribution in [2.24, 2.45) is 7.05 Å². The molecule has 0 aliphatic rings. The van der Waals surface area contributed by atoms with Gasteiger partial charge in [-0.15, -0.1) is 5.10 Å². The van der Waals surface area contributed by atoms with Gasteiger partial charge in [-0.05, 0) is 6.42 Å². The van der Waals surface area contributed by atoms with Crippen molar-refractivity contribution >= 4 is 5.82 Å². The predicted octanol–water partition coefficient (Wildman–Crippen LogP) is 0.399. The summed E-state index contributed by atoms with van der Waals surface area (Å²) in [7, 11) is 1.98. The van der Waals surface area contributed by atoms with Gasteiger partial charge >= 0.3 is 0 Å². The van der Waals surface area contributed by atoms with Crippen LogP contribution in [0.15, 0.2) is 12.4 Å². The minimum atomic E-state index is 0.530. The van der Waals surface area contributed by atoms with Crippen molar-refractivity contribution in [3.05, 3.63) is 23.9 Å². The Morgan fingerprint density at radius 2 is 2.25 bits per heavy atom. The predicted molar refractivity (Wildman–Crippen MR) is 60.7 cm³/mol. The van der Waals surface area contributed by atoms with Crippen LogP contribution < -0.4 is 5.73 Å². The van der Waals surface area contributed by atoms with Crippen LogP contribution in [0.25, 0.3) is 0 Å². The van der Waals surface area contributed by atoms with E-state index < -0.39 is 0 Å². The molecule has 2 aromatic rings. The SMILES string of the molecule is CCc1c(N)nnn1CCc1nccn1C. The van der Waals surface area contributed by atoms with Gasteiger partial charge < -0.3 is 10.3 Å². The van der Waals surface area contributed by atoms with Gasteiger partial charge in [-0.3, -0.25) is 0 Å². The number of imidazole rings is 1. The Balaban J connectivity index is 2.07. The number of nitrogens with two attached hydrogens (primary N) is 1. The summed E-state index contributed by atoms with van der Waals surface area (Å²) in [6.07, 6.45) is 5.41. The minimum Gasteiger partial charge on any atom is -0.381 e. The number of nitrogen functional groups attached to an aromatic ring is 1. The highest BCUT2D eigenvalue weighted by Crippen LogP contribution is 2.08. The molecule has 0 amide bonds. The number of aryl methyl sites for hydroxylation is 3. The van der Waals surface area contributed by atoms with Crippen molar-refractivity contribution in [3.8, 4) is 0 Å². The van der Waals surface area contributed by atoms with Gasteiger partial charge in [0.1, 0.15) is 5.82 Å². The summed E-state index contributed by atoms with van der Waals surface area (Å²) in [5.41, 5.74) is 6.71. The molecule has 0 spiro atoms. The smallest absolute Gasteiger partial charge is 0.169 e. The van der Waals surface area contributed by atoms with E-state index in [2.05, 4.69) is 15.3 Å². The quantitative estimate of drug-likeness (QED) is 0.809. The van der Waals surface area contributed by atoms with Crippen LogP contribution in [0.3, 0.4) is 0 Å². The topological polar surface area (TPSA) is 74.6 Å². The van der Waals surface area contributed by atoms with E-state index >= 15 is 0 Å². The summed E-state index contributed by atoms with van der Waals surface area (Å²) < 4.78 is 3.86. The fraction of sp³-hybridized carbons (Fsp3) is 0.500. The molecule has 0 radical (unpaired) electrons. The summed E-state index contributed by atoms with van der Waals surface area (Å²) in [6, 6.07) is 0. The summed E-state index contributed by atoms with van der Waals surface area (Å²) in [5.74, 6) is 1.57.